The molecule has 0 saturated heterocycles. The smallest absolute Gasteiger partial charge is 0.200 e. The summed E-state index contributed by atoms with van der Waals surface area (Å²) in [5.41, 5.74) is 1.02. The highest BCUT2D eigenvalue weighted by Crippen LogP contribution is 2.16. The van der Waals surface area contributed by atoms with Crippen molar-refractivity contribution in [3.8, 4) is 0 Å². The van der Waals surface area contributed by atoms with Gasteiger partial charge in [0, 0.05) is 6.21 Å². The molecule has 5 heteroatoms. The van der Waals surface area contributed by atoms with Gasteiger partial charge >= 0.3 is 0 Å². The Morgan fingerprint density at radius 1 is 1.26 bits per heavy atom. The van der Waals surface area contributed by atoms with Crippen LogP contribution in [0.3, 0.4) is 0 Å². The quantitative estimate of drug-likeness (QED) is 0.523. The third kappa shape index (κ3) is 3.92. The highest BCUT2D eigenvalue weighted by atomic mass is 32.2. The van der Waals surface area contributed by atoms with Crippen LogP contribution < -0.4 is 4.83 Å². The molecule has 19 heavy (non-hydrogen) atoms. The van der Waals surface area contributed by atoms with E-state index in [4.69, 9.17) is 0 Å². The number of sulfonamides is 1. The molecule has 0 amide bonds. The molecule has 0 fully saturated rings. The zero-order chi connectivity index (χ0) is 13.7. The molecule has 0 radical (unpaired) electrons. The van der Waals surface area contributed by atoms with Crippen molar-refractivity contribution in [1.29, 1.82) is 0 Å². The molecule has 0 heterocycles. The maximum atomic E-state index is 11.9. The molecule has 1 aliphatic rings. The van der Waals surface area contributed by atoms with Crippen molar-refractivity contribution in [2.24, 2.45) is 11.0 Å². The topological polar surface area (TPSA) is 58.5 Å². The van der Waals surface area contributed by atoms with Gasteiger partial charge in [0.1, 0.15) is 0 Å². The van der Waals surface area contributed by atoms with Crippen LogP contribution in [0.2, 0.25) is 0 Å². The summed E-state index contributed by atoms with van der Waals surface area (Å²) in [6.45, 7) is 1.92. The second-order valence-corrected chi connectivity index (χ2v) is 6.39. The first-order valence-corrected chi connectivity index (χ1v) is 7.83. The van der Waals surface area contributed by atoms with Gasteiger partial charge in [-0.1, -0.05) is 29.8 Å². The maximum Gasteiger partial charge on any atom is 0.276 e. The fourth-order valence-corrected chi connectivity index (χ4v) is 2.73. The Balaban J connectivity index is 1.99. The van der Waals surface area contributed by atoms with Gasteiger partial charge in [-0.3, -0.25) is 0 Å². The Morgan fingerprint density at radius 3 is 2.63 bits per heavy atom. The van der Waals surface area contributed by atoms with E-state index in [1.54, 1.807) is 30.5 Å². The van der Waals surface area contributed by atoms with E-state index in [1.807, 2.05) is 6.92 Å². The summed E-state index contributed by atoms with van der Waals surface area (Å²) in [4.78, 5) is 2.49. The minimum atomic E-state index is -3.54. The van der Waals surface area contributed by atoms with Crippen LogP contribution in [0.1, 0.15) is 24.8 Å². The first kappa shape index (κ1) is 13.8. The van der Waals surface area contributed by atoms with Crippen LogP contribution in [0, 0.1) is 12.8 Å². The average molecular weight is 278 g/mol. The summed E-state index contributed by atoms with van der Waals surface area (Å²) in [6, 6.07) is 6.70. The van der Waals surface area contributed by atoms with Crippen LogP contribution in [0.4, 0.5) is 0 Å². The highest BCUT2D eigenvalue weighted by Gasteiger charge is 2.12. The fourth-order valence-electron chi connectivity index (χ4n) is 1.93. The summed E-state index contributed by atoms with van der Waals surface area (Å²) in [6.07, 6.45) is 8.91. The molecule has 1 aliphatic carbocycles. The number of hydrogen-bond donors (Lipinski definition) is 1. The Labute approximate surface area is 114 Å². The number of benzene rings is 1. The van der Waals surface area contributed by atoms with Gasteiger partial charge in [0.15, 0.2) is 0 Å². The monoisotopic (exact) mass is 278 g/mol. The first-order valence-electron chi connectivity index (χ1n) is 6.34. The predicted octanol–water partition coefficient (Wildman–Crippen LogP) is 2.62. The molecule has 0 aliphatic heterocycles. The minimum absolute atomic E-state index is 0.235. The van der Waals surface area contributed by atoms with Gasteiger partial charge in [-0.2, -0.15) is 13.5 Å². The van der Waals surface area contributed by atoms with Gasteiger partial charge in [0.2, 0.25) is 0 Å². The van der Waals surface area contributed by atoms with E-state index < -0.39 is 10.0 Å². The van der Waals surface area contributed by atoms with Crippen molar-refractivity contribution in [3.63, 3.8) is 0 Å². The molecule has 0 bridgehead atoms. The molecule has 0 saturated carbocycles. The van der Waals surface area contributed by atoms with E-state index >= 15 is 0 Å². The Bertz CT molecular complexity index is 574. The number of hydrogen-bond acceptors (Lipinski definition) is 3. The van der Waals surface area contributed by atoms with Crippen LogP contribution in [0.25, 0.3) is 0 Å². The second kappa shape index (κ2) is 6.02. The minimum Gasteiger partial charge on any atom is -0.200 e. The maximum absolute atomic E-state index is 11.9. The largest absolute Gasteiger partial charge is 0.276 e. The molecule has 1 aromatic carbocycles. The molecule has 0 spiro atoms. The SMILES string of the molecule is Cc1ccc(S(=O)(=O)N/N=C\[C@H]2CC=CCC2)cc1. The van der Waals surface area contributed by atoms with Gasteiger partial charge in [-0.05, 0) is 44.2 Å². The van der Waals surface area contributed by atoms with Crippen molar-refractivity contribution >= 4 is 16.2 Å². The number of nitrogens with zero attached hydrogens (tertiary/aromatic N) is 1. The van der Waals surface area contributed by atoms with E-state index in [0.29, 0.717) is 5.92 Å². The van der Waals surface area contributed by atoms with Crippen molar-refractivity contribution in [2.45, 2.75) is 31.1 Å². The predicted molar refractivity (Wildman–Crippen MR) is 76.5 cm³/mol. The summed E-state index contributed by atoms with van der Waals surface area (Å²) < 4.78 is 23.9. The molecule has 4 nitrogen and oxygen atoms in total. The first-order chi connectivity index (χ1) is 9.08. The van der Waals surface area contributed by atoms with E-state index in [2.05, 4.69) is 22.1 Å². The van der Waals surface area contributed by atoms with Gasteiger partial charge in [-0.15, -0.1) is 0 Å². The third-order valence-corrected chi connectivity index (χ3v) is 4.34. The molecule has 102 valence electrons. The van der Waals surface area contributed by atoms with Crippen LogP contribution in [0.5, 0.6) is 0 Å². The van der Waals surface area contributed by atoms with Crippen molar-refractivity contribution < 1.29 is 8.42 Å². The average Bonchev–Trinajstić information content (AvgIpc) is 2.40. The number of hydrazone groups is 1. The Hall–Kier alpha value is -1.62. The molecule has 0 aromatic heterocycles. The highest BCUT2D eigenvalue weighted by molar-refractivity contribution is 7.89. The summed E-state index contributed by atoms with van der Waals surface area (Å²) in [7, 11) is -3.54. The fraction of sp³-hybridized carbons (Fsp3) is 0.357. The standard InChI is InChI=1S/C14H18N2O2S/c1-12-7-9-14(10-8-12)19(17,18)16-15-11-13-5-3-2-4-6-13/h2-3,7-11,13,16H,4-6H2,1H3/b15-11-/t13-/m0/s1. The van der Waals surface area contributed by atoms with Gasteiger partial charge in [0.05, 0.1) is 4.90 Å². The lowest BCUT2D eigenvalue weighted by Gasteiger charge is -2.12. The van der Waals surface area contributed by atoms with Gasteiger partial charge < -0.3 is 0 Å². The molecule has 2 rings (SSSR count). The lowest BCUT2D eigenvalue weighted by atomic mass is 9.96. The summed E-state index contributed by atoms with van der Waals surface area (Å²) in [5, 5.41) is 3.87. The van der Waals surface area contributed by atoms with E-state index in [0.717, 1.165) is 24.8 Å². The molecule has 0 unspecified atom stereocenters. The summed E-state index contributed by atoms with van der Waals surface area (Å²) in [5.74, 6) is 0.325. The normalized spacial score (nSPS) is 19.7. The zero-order valence-electron chi connectivity index (χ0n) is 10.9. The second-order valence-electron chi connectivity index (χ2n) is 4.73. The lowest BCUT2D eigenvalue weighted by molar-refractivity contribution is 0.582. The number of nitrogens with one attached hydrogen (secondary N) is 1. The van der Waals surface area contributed by atoms with Crippen LogP contribution in [-0.2, 0) is 10.0 Å². The van der Waals surface area contributed by atoms with E-state index in [-0.39, 0.29) is 4.90 Å². The van der Waals surface area contributed by atoms with Crippen LogP contribution in [-0.4, -0.2) is 14.6 Å². The Morgan fingerprint density at radius 2 is 2.00 bits per heavy atom. The molecule has 1 N–H and O–H groups in total. The molecule has 1 aromatic rings. The van der Waals surface area contributed by atoms with E-state index in [9.17, 15) is 8.42 Å². The van der Waals surface area contributed by atoms with Crippen molar-refractivity contribution in [2.75, 3.05) is 0 Å². The Kier molecular flexibility index (Phi) is 4.37. The third-order valence-electron chi connectivity index (χ3n) is 3.10. The number of aryl methyl sites for hydroxylation is 1. The molecular formula is C14H18N2O2S. The van der Waals surface area contributed by atoms with Crippen molar-refractivity contribution in [3.05, 3.63) is 42.0 Å². The van der Waals surface area contributed by atoms with E-state index in [1.165, 1.54) is 0 Å². The van der Waals surface area contributed by atoms with Crippen LogP contribution in [0.15, 0.2) is 46.4 Å². The van der Waals surface area contributed by atoms with Gasteiger partial charge in [0.25, 0.3) is 10.0 Å². The van der Waals surface area contributed by atoms with Gasteiger partial charge in [-0.25, -0.2) is 4.83 Å². The lowest BCUT2D eigenvalue weighted by Crippen LogP contribution is -2.19. The molecule has 1 atom stereocenters. The molecular weight excluding hydrogens is 260 g/mol. The summed E-state index contributed by atoms with van der Waals surface area (Å²) >= 11 is 0. The van der Waals surface area contributed by atoms with Crippen LogP contribution >= 0.6 is 0 Å². The number of allylic oxidation sites excluding steroid dienone is 2. The zero-order valence-corrected chi connectivity index (χ0v) is 11.7. The van der Waals surface area contributed by atoms with Crippen molar-refractivity contribution in [1.82, 2.24) is 4.83 Å². The number of rotatable bonds is 4.